The number of aromatic nitrogens is 1. The Morgan fingerprint density at radius 3 is 2.54 bits per heavy atom. The van der Waals surface area contributed by atoms with Gasteiger partial charge in [-0.2, -0.15) is 0 Å². The fourth-order valence-electron chi connectivity index (χ4n) is 1.56. The molecule has 0 atom stereocenters. The number of hydrogen-bond acceptors (Lipinski definition) is 1. The Morgan fingerprint density at radius 1 is 1.54 bits per heavy atom. The van der Waals surface area contributed by atoms with E-state index < -0.39 is 0 Å². The molecule has 0 spiro atoms. The summed E-state index contributed by atoms with van der Waals surface area (Å²) in [5.74, 6) is 0.0711. The summed E-state index contributed by atoms with van der Waals surface area (Å²) in [4.78, 5) is 11.0. The normalized spacial score (nSPS) is 10.8. The lowest BCUT2D eigenvalue weighted by molar-refractivity contribution is 0.0991. The highest BCUT2D eigenvalue weighted by molar-refractivity contribution is 5.91. The third-order valence-electron chi connectivity index (χ3n) is 2.17. The van der Waals surface area contributed by atoms with Crippen molar-refractivity contribution in [3.8, 4) is 0 Å². The van der Waals surface area contributed by atoms with Crippen molar-refractivity contribution in [2.24, 2.45) is 5.73 Å². The molecule has 0 unspecified atom stereocenters. The van der Waals surface area contributed by atoms with Crippen molar-refractivity contribution in [3.63, 3.8) is 0 Å². The molecule has 0 fully saturated rings. The van der Waals surface area contributed by atoms with E-state index in [9.17, 15) is 4.79 Å². The van der Waals surface area contributed by atoms with Gasteiger partial charge in [0, 0.05) is 12.2 Å². The number of rotatable bonds is 3. The average Bonchev–Trinajstić information content (AvgIpc) is 2.46. The maximum absolute atomic E-state index is 11.0. The monoisotopic (exact) mass is 180 g/mol. The van der Waals surface area contributed by atoms with Crippen molar-refractivity contribution >= 4 is 5.91 Å². The summed E-state index contributed by atoms with van der Waals surface area (Å²) >= 11 is 0. The van der Waals surface area contributed by atoms with Gasteiger partial charge in [-0.1, -0.05) is 13.8 Å². The zero-order valence-corrected chi connectivity index (χ0v) is 8.37. The van der Waals surface area contributed by atoms with Crippen LogP contribution in [0.25, 0.3) is 0 Å². The second kappa shape index (κ2) is 3.64. The Kier molecular flexibility index (Phi) is 2.76. The van der Waals surface area contributed by atoms with Crippen molar-refractivity contribution < 1.29 is 4.79 Å². The molecule has 0 bridgehead atoms. The zero-order chi connectivity index (χ0) is 10.0. The number of nitrogens with two attached hydrogens (primary N) is 1. The molecule has 0 radical (unpaired) electrons. The molecule has 1 aromatic heterocycles. The predicted molar refractivity (Wildman–Crippen MR) is 52.7 cm³/mol. The molecule has 72 valence electrons. The number of carbonyl (C=O) groups is 1. The molecule has 3 heteroatoms. The van der Waals surface area contributed by atoms with Crippen LogP contribution in [0.5, 0.6) is 0 Å². The summed E-state index contributed by atoms with van der Waals surface area (Å²) in [6.45, 7) is 7.01. The van der Waals surface area contributed by atoms with Crippen LogP contribution in [0.2, 0.25) is 0 Å². The predicted octanol–water partition coefficient (Wildman–Crippen LogP) is 1.73. The van der Waals surface area contributed by atoms with Gasteiger partial charge in [0.15, 0.2) is 0 Å². The van der Waals surface area contributed by atoms with E-state index in [0.717, 1.165) is 12.2 Å². The Balaban J connectivity index is 3.18. The van der Waals surface area contributed by atoms with Crippen molar-refractivity contribution in [1.82, 2.24) is 4.57 Å². The van der Waals surface area contributed by atoms with Crippen molar-refractivity contribution in [2.75, 3.05) is 0 Å². The van der Waals surface area contributed by atoms with Gasteiger partial charge >= 0.3 is 0 Å². The molecule has 0 aliphatic rings. The molecular weight excluding hydrogens is 164 g/mol. The highest BCUT2D eigenvalue weighted by Crippen LogP contribution is 2.17. The topological polar surface area (TPSA) is 48.0 Å². The molecule has 1 heterocycles. The molecule has 1 rings (SSSR count). The number of hydrogen-bond donors (Lipinski definition) is 1. The van der Waals surface area contributed by atoms with Crippen LogP contribution in [0.4, 0.5) is 0 Å². The standard InChI is InChI=1S/C10H16N2O/c1-4-12-8(7(2)3)5-6-9(12)10(11)13/h5-7H,4H2,1-3H3,(H2,11,13). The number of nitrogens with zero attached hydrogens (tertiary/aromatic N) is 1. The van der Waals surface area contributed by atoms with Crippen molar-refractivity contribution in [3.05, 3.63) is 23.5 Å². The Hall–Kier alpha value is -1.25. The molecule has 0 aromatic carbocycles. The van der Waals surface area contributed by atoms with Gasteiger partial charge in [0.1, 0.15) is 5.69 Å². The maximum atomic E-state index is 11.0. The molecule has 0 saturated carbocycles. The fraction of sp³-hybridized carbons (Fsp3) is 0.500. The molecule has 0 saturated heterocycles. The lowest BCUT2D eigenvalue weighted by Gasteiger charge is -2.11. The van der Waals surface area contributed by atoms with Gasteiger partial charge in [-0.3, -0.25) is 4.79 Å². The first-order valence-electron chi connectivity index (χ1n) is 4.57. The van der Waals surface area contributed by atoms with Crippen LogP contribution in [0.1, 0.15) is 42.9 Å². The van der Waals surface area contributed by atoms with E-state index in [2.05, 4.69) is 13.8 Å². The molecule has 2 N–H and O–H groups in total. The summed E-state index contributed by atoms with van der Waals surface area (Å²) in [5.41, 5.74) is 7.01. The molecule has 0 aliphatic carbocycles. The van der Waals surface area contributed by atoms with E-state index in [1.807, 2.05) is 17.6 Å². The van der Waals surface area contributed by atoms with Crippen LogP contribution in [0.15, 0.2) is 12.1 Å². The number of amides is 1. The molecule has 1 aromatic rings. The van der Waals surface area contributed by atoms with E-state index in [1.54, 1.807) is 6.07 Å². The summed E-state index contributed by atoms with van der Waals surface area (Å²) in [6.07, 6.45) is 0. The van der Waals surface area contributed by atoms with Crippen LogP contribution in [-0.2, 0) is 6.54 Å². The quantitative estimate of drug-likeness (QED) is 0.756. The molecule has 1 amide bonds. The van der Waals surface area contributed by atoms with E-state index in [4.69, 9.17) is 5.73 Å². The van der Waals surface area contributed by atoms with E-state index >= 15 is 0 Å². The lowest BCUT2D eigenvalue weighted by atomic mass is 10.1. The molecule has 13 heavy (non-hydrogen) atoms. The first-order valence-corrected chi connectivity index (χ1v) is 4.57. The minimum absolute atomic E-state index is 0.353. The molecule has 0 aliphatic heterocycles. The Morgan fingerprint density at radius 2 is 2.15 bits per heavy atom. The Labute approximate surface area is 78.5 Å². The van der Waals surface area contributed by atoms with Gasteiger partial charge in [0.05, 0.1) is 0 Å². The fourth-order valence-corrected chi connectivity index (χ4v) is 1.56. The number of primary amides is 1. The van der Waals surface area contributed by atoms with Gasteiger partial charge in [0.2, 0.25) is 0 Å². The third-order valence-corrected chi connectivity index (χ3v) is 2.17. The summed E-state index contributed by atoms with van der Waals surface area (Å²) in [5, 5.41) is 0. The second-order valence-electron chi connectivity index (χ2n) is 3.41. The highest BCUT2D eigenvalue weighted by atomic mass is 16.1. The molecular formula is C10H16N2O. The second-order valence-corrected chi connectivity index (χ2v) is 3.41. The largest absolute Gasteiger partial charge is 0.364 e. The van der Waals surface area contributed by atoms with E-state index in [0.29, 0.717) is 11.6 Å². The van der Waals surface area contributed by atoms with Gasteiger partial charge in [-0.05, 0) is 25.0 Å². The zero-order valence-electron chi connectivity index (χ0n) is 8.37. The van der Waals surface area contributed by atoms with Crippen molar-refractivity contribution in [2.45, 2.75) is 33.2 Å². The van der Waals surface area contributed by atoms with Gasteiger partial charge in [-0.15, -0.1) is 0 Å². The SMILES string of the molecule is CCn1c(C(N)=O)ccc1C(C)C. The minimum Gasteiger partial charge on any atom is -0.364 e. The summed E-state index contributed by atoms with van der Waals surface area (Å²) < 4.78 is 1.97. The third kappa shape index (κ3) is 1.74. The van der Waals surface area contributed by atoms with Crippen LogP contribution in [0, 0.1) is 0 Å². The lowest BCUT2D eigenvalue weighted by Crippen LogP contribution is -2.17. The first kappa shape index (κ1) is 9.84. The minimum atomic E-state index is -0.353. The van der Waals surface area contributed by atoms with Crippen LogP contribution >= 0.6 is 0 Å². The van der Waals surface area contributed by atoms with Gasteiger partial charge in [0.25, 0.3) is 5.91 Å². The average molecular weight is 180 g/mol. The van der Waals surface area contributed by atoms with Crippen molar-refractivity contribution in [1.29, 1.82) is 0 Å². The summed E-state index contributed by atoms with van der Waals surface area (Å²) in [7, 11) is 0. The van der Waals surface area contributed by atoms with E-state index in [1.165, 1.54) is 0 Å². The van der Waals surface area contributed by atoms with Gasteiger partial charge in [-0.25, -0.2) is 0 Å². The maximum Gasteiger partial charge on any atom is 0.265 e. The van der Waals surface area contributed by atoms with Crippen LogP contribution in [-0.4, -0.2) is 10.5 Å². The Bertz CT molecular complexity index is 313. The smallest absolute Gasteiger partial charge is 0.265 e. The first-order chi connectivity index (χ1) is 6.07. The summed E-state index contributed by atoms with van der Waals surface area (Å²) in [6, 6.07) is 3.76. The molecule has 3 nitrogen and oxygen atoms in total. The van der Waals surface area contributed by atoms with Gasteiger partial charge < -0.3 is 10.3 Å². The highest BCUT2D eigenvalue weighted by Gasteiger charge is 2.12. The van der Waals surface area contributed by atoms with Crippen LogP contribution < -0.4 is 5.73 Å². The number of carbonyl (C=O) groups excluding carboxylic acids is 1. The van der Waals surface area contributed by atoms with E-state index in [-0.39, 0.29) is 5.91 Å². The van der Waals surface area contributed by atoms with Crippen LogP contribution in [0.3, 0.4) is 0 Å².